The summed E-state index contributed by atoms with van der Waals surface area (Å²) in [5.74, 6) is -4.01. The van der Waals surface area contributed by atoms with Crippen molar-refractivity contribution in [3.05, 3.63) is 36.4 Å². The van der Waals surface area contributed by atoms with Gasteiger partial charge in [0.2, 0.25) is 23.5 Å². The predicted molar refractivity (Wildman–Crippen MR) is 180 cm³/mol. The molecular weight excluding hydrogens is 667 g/mol. The van der Waals surface area contributed by atoms with Crippen LogP contribution in [0.1, 0.15) is 103 Å². The minimum Gasteiger partial charge on any atom is -0.347 e. The van der Waals surface area contributed by atoms with E-state index < -0.39 is 71.7 Å². The van der Waals surface area contributed by atoms with Gasteiger partial charge in [0.05, 0.1) is 24.0 Å². The number of amides is 4. The summed E-state index contributed by atoms with van der Waals surface area (Å²) in [5.41, 5.74) is -0.127. The Balaban J connectivity index is 1.36. The lowest BCUT2D eigenvalue weighted by atomic mass is 9.83. The molecule has 4 fully saturated rings. The molecule has 1 aromatic rings. The van der Waals surface area contributed by atoms with Crippen LogP contribution in [0.2, 0.25) is 0 Å². The maximum absolute atomic E-state index is 14.4. The smallest absolute Gasteiger partial charge is 0.347 e. The lowest BCUT2D eigenvalue weighted by molar-refractivity contribution is -0.163. The molecule has 3 saturated carbocycles. The molecule has 0 bridgehead atoms. The SMILES string of the molecule is C=C(C)[C@H](NC(=O)C(N[C@@H](c1cnccn1)C(F)(F)F)C1CCCCC1)C(=O)N1C[C@@H]2CCC[C@@H]2[C@H]1C(=O)N[C@@H](CCC)C(=O)C(=O)NC1CC1. The van der Waals surface area contributed by atoms with E-state index in [1.54, 1.807) is 6.92 Å². The Hall–Kier alpha value is -3.88. The number of nitrogens with zero attached hydrogens (tertiary/aromatic N) is 3. The zero-order valence-corrected chi connectivity index (χ0v) is 29.3. The zero-order valence-electron chi connectivity index (χ0n) is 29.3. The average molecular weight is 718 g/mol. The average Bonchev–Trinajstić information content (AvgIpc) is 3.66. The summed E-state index contributed by atoms with van der Waals surface area (Å²) in [7, 11) is 0. The molecule has 1 unspecified atom stereocenters. The molecule has 1 saturated heterocycles. The third-order valence-corrected chi connectivity index (χ3v) is 10.8. The van der Waals surface area contributed by atoms with Crippen LogP contribution in [0, 0.1) is 17.8 Å². The van der Waals surface area contributed by atoms with Crippen molar-refractivity contribution in [1.29, 1.82) is 0 Å². The highest BCUT2D eigenvalue weighted by Crippen LogP contribution is 2.43. The largest absolute Gasteiger partial charge is 0.409 e. The fourth-order valence-corrected chi connectivity index (χ4v) is 8.00. The normalized spacial score (nSPS) is 24.5. The number of carbonyl (C=O) groups excluding carboxylic acids is 5. The molecule has 4 aliphatic rings. The number of alkyl halides is 3. The number of hydrogen-bond donors (Lipinski definition) is 4. The first-order valence-electron chi connectivity index (χ1n) is 18.3. The molecular formula is C36H50F3N7O5. The first-order chi connectivity index (χ1) is 24.3. The van der Waals surface area contributed by atoms with E-state index in [4.69, 9.17) is 0 Å². The van der Waals surface area contributed by atoms with E-state index in [1.807, 2.05) is 6.92 Å². The summed E-state index contributed by atoms with van der Waals surface area (Å²) < 4.78 is 43.3. The maximum atomic E-state index is 14.4. The van der Waals surface area contributed by atoms with Gasteiger partial charge in [-0.2, -0.15) is 13.2 Å². The molecule has 2 heterocycles. The second kappa shape index (κ2) is 16.6. The molecule has 0 spiro atoms. The number of Topliss-reactive ketones (excluding diaryl/α,β-unsaturated/α-hetero) is 1. The molecule has 280 valence electrons. The standard InChI is InChI=1S/C36H50F3N7O5/c1-4-9-25(30(47)34(50)42-23-14-15-23)43-33(49)29-24-13-8-12-22(24)19-46(29)35(51)27(20(2)3)45-32(48)28(21-10-6-5-7-11-21)44-31(36(37,38)39)26-18-40-16-17-41-26/h16-18,21-25,27-29,31,44H,2,4-15,19H2,1,3H3,(H,42,50)(H,43,49)(H,45,48)/t22-,24-,25-,27-,28?,29-,31-/m0/s1. The highest BCUT2D eigenvalue weighted by atomic mass is 19.4. The Kier molecular flexibility index (Phi) is 12.5. The fraction of sp³-hybridized carbons (Fsp3) is 0.694. The molecule has 1 aliphatic heterocycles. The van der Waals surface area contributed by atoms with Gasteiger partial charge in [0, 0.05) is 25.0 Å². The van der Waals surface area contributed by atoms with Crippen LogP contribution < -0.4 is 21.3 Å². The second-order valence-corrected chi connectivity index (χ2v) is 14.7. The number of nitrogens with one attached hydrogen (secondary N) is 4. The van der Waals surface area contributed by atoms with Crippen molar-refractivity contribution in [3.8, 4) is 0 Å². The number of likely N-dealkylation sites (tertiary alicyclic amines) is 1. The third kappa shape index (κ3) is 9.32. The van der Waals surface area contributed by atoms with Gasteiger partial charge < -0.3 is 20.9 Å². The van der Waals surface area contributed by atoms with Gasteiger partial charge in [-0.05, 0) is 75.2 Å². The van der Waals surface area contributed by atoms with Crippen molar-refractivity contribution in [2.45, 2.75) is 133 Å². The molecule has 3 aliphatic carbocycles. The predicted octanol–water partition coefficient (Wildman–Crippen LogP) is 3.44. The van der Waals surface area contributed by atoms with E-state index in [0.717, 1.165) is 57.3 Å². The molecule has 4 amide bonds. The Bertz CT molecular complexity index is 1450. The Labute approximate surface area is 296 Å². The van der Waals surface area contributed by atoms with Crippen LogP contribution in [0.25, 0.3) is 0 Å². The number of fused-ring (bicyclic) bond motifs is 1. The zero-order chi connectivity index (χ0) is 36.9. The minimum absolute atomic E-state index is 0.0147. The molecule has 5 rings (SSSR count). The summed E-state index contributed by atoms with van der Waals surface area (Å²) in [6.45, 7) is 7.56. The Morgan fingerprint density at radius 3 is 2.31 bits per heavy atom. The van der Waals surface area contributed by atoms with Crippen molar-refractivity contribution in [1.82, 2.24) is 36.1 Å². The van der Waals surface area contributed by atoms with Gasteiger partial charge in [0.25, 0.3) is 5.91 Å². The number of rotatable bonds is 15. The van der Waals surface area contributed by atoms with Crippen LogP contribution in [-0.4, -0.2) is 87.2 Å². The Morgan fingerprint density at radius 1 is 0.980 bits per heavy atom. The molecule has 12 nitrogen and oxygen atoms in total. The van der Waals surface area contributed by atoms with Gasteiger partial charge >= 0.3 is 6.18 Å². The van der Waals surface area contributed by atoms with Crippen LogP contribution >= 0.6 is 0 Å². The van der Waals surface area contributed by atoms with Crippen LogP contribution in [-0.2, 0) is 24.0 Å². The van der Waals surface area contributed by atoms with E-state index in [1.165, 1.54) is 11.1 Å². The van der Waals surface area contributed by atoms with Gasteiger partial charge in [0.15, 0.2) is 0 Å². The highest BCUT2D eigenvalue weighted by Gasteiger charge is 2.52. The van der Waals surface area contributed by atoms with Gasteiger partial charge in [0.1, 0.15) is 18.1 Å². The van der Waals surface area contributed by atoms with Crippen molar-refractivity contribution in [3.63, 3.8) is 0 Å². The lowest BCUT2D eigenvalue weighted by Gasteiger charge is -2.35. The van der Waals surface area contributed by atoms with E-state index >= 15 is 0 Å². The summed E-state index contributed by atoms with van der Waals surface area (Å²) in [6.07, 6.45) is 6.78. The highest BCUT2D eigenvalue weighted by molar-refractivity contribution is 6.38. The van der Waals surface area contributed by atoms with E-state index in [9.17, 15) is 37.1 Å². The van der Waals surface area contributed by atoms with Crippen molar-refractivity contribution < 1.29 is 37.1 Å². The summed E-state index contributed by atoms with van der Waals surface area (Å²) in [5, 5.41) is 10.7. The molecule has 15 heteroatoms. The molecule has 51 heavy (non-hydrogen) atoms. The summed E-state index contributed by atoms with van der Waals surface area (Å²) in [6, 6.07) is -6.96. The van der Waals surface area contributed by atoms with E-state index in [-0.39, 0.29) is 42.1 Å². The molecule has 7 atom stereocenters. The van der Waals surface area contributed by atoms with E-state index in [0.29, 0.717) is 25.7 Å². The van der Waals surface area contributed by atoms with Gasteiger partial charge in [-0.15, -0.1) is 0 Å². The van der Waals surface area contributed by atoms with Gasteiger partial charge in [-0.25, -0.2) is 0 Å². The second-order valence-electron chi connectivity index (χ2n) is 14.7. The van der Waals surface area contributed by atoms with Crippen molar-refractivity contribution in [2.24, 2.45) is 17.8 Å². The molecule has 1 aromatic heterocycles. The van der Waals surface area contributed by atoms with Crippen LogP contribution in [0.3, 0.4) is 0 Å². The number of hydrogen-bond acceptors (Lipinski definition) is 8. The minimum atomic E-state index is -4.80. The molecule has 0 aromatic carbocycles. The first kappa shape index (κ1) is 38.4. The number of halogens is 3. The monoisotopic (exact) mass is 717 g/mol. The quantitative estimate of drug-likeness (QED) is 0.159. The van der Waals surface area contributed by atoms with Gasteiger partial charge in [-0.3, -0.25) is 39.3 Å². The fourth-order valence-electron chi connectivity index (χ4n) is 8.00. The van der Waals surface area contributed by atoms with E-state index in [2.05, 4.69) is 37.8 Å². The Morgan fingerprint density at radius 2 is 1.71 bits per heavy atom. The van der Waals surface area contributed by atoms with Crippen LogP contribution in [0.5, 0.6) is 0 Å². The third-order valence-electron chi connectivity index (χ3n) is 10.8. The lowest BCUT2D eigenvalue weighted by Crippen LogP contribution is -2.60. The summed E-state index contributed by atoms with van der Waals surface area (Å²) >= 11 is 0. The maximum Gasteiger partial charge on any atom is 0.409 e. The topological polar surface area (TPSA) is 162 Å². The number of ketones is 1. The summed E-state index contributed by atoms with van der Waals surface area (Å²) in [4.78, 5) is 77.2. The van der Waals surface area contributed by atoms with Crippen molar-refractivity contribution >= 4 is 29.4 Å². The number of aromatic nitrogens is 2. The first-order valence-corrected chi connectivity index (χ1v) is 18.3. The number of carbonyl (C=O) groups is 5. The van der Waals surface area contributed by atoms with Crippen LogP contribution in [0.15, 0.2) is 30.7 Å². The molecule has 4 N–H and O–H groups in total. The van der Waals surface area contributed by atoms with Gasteiger partial charge in [-0.1, -0.05) is 45.6 Å². The van der Waals surface area contributed by atoms with Crippen molar-refractivity contribution in [2.75, 3.05) is 6.54 Å². The van der Waals surface area contributed by atoms with Crippen LogP contribution in [0.4, 0.5) is 13.2 Å². The molecule has 0 radical (unpaired) electrons.